The van der Waals surface area contributed by atoms with E-state index in [9.17, 15) is 19.8 Å². The van der Waals surface area contributed by atoms with Crippen LogP contribution in [-0.2, 0) is 19.1 Å². The zero-order valence-electron chi connectivity index (χ0n) is 20.8. The largest absolute Gasteiger partial charge is 0.464 e. The minimum absolute atomic E-state index is 0.186. The molecular weight excluding hydrogens is 408 g/mol. The van der Waals surface area contributed by atoms with Crippen LogP contribution in [0.1, 0.15) is 129 Å². The molecule has 0 aromatic rings. The molecule has 0 heterocycles. The van der Waals surface area contributed by atoms with Gasteiger partial charge in [0.25, 0.3) is 0 Å². The summed E-state index contributed by atoms with van der Waals surface area (Å²) in [6.45, 7) is 4.79. The van der Waals surface area contributed by atoms with E-state index in [4.69, 9.17) is 9.47 Å². The minimum Gasteiger partial charge on any atom is -0.464 e. The maximum atomic E-state index is 11.8. The maximum absolute atomic E-state index is 11.8. The van der Waals surface area contributed by atoms with Gasteiger partial charge in [-0.1, -0.05) is 117 Å². The Hall–Kier alpha value is -1.14. The fourth-order valence-electron chi connectivity index (χ4n) is 3.60. The van der Waals surface area contributed by atoms with Crippen molar-refractivity contribution < 1.29 is 29.3 Å². The lowest BCUT2D eigenvalue weighted by molar-refractivity contribution is -0.173. The van der Waals surface area contributed by atoms with Crippen molar-refractivity contribution in [3.63, 3.8) is 0 Å². The van der Waals surface area contributed by atoms with E-state index in [2.05, 4.69) is 13.8 Å². The summed E-state index contributed by atoms with van der Waals surface area (Å²) >= 11 is 0. The highest BCUT2D eigenvalue weighted by Crippen LogP contribution is 2.11. The third-order valence-electron chi connectivity index (χ3n) is 5.77. The van der Waals surface area contributed by atoms with E-state index < -0.39 is 24.1 Å². The van der Waals surface area contributed by atoms with Crippen LogP contribution in [0.15, 0.2) is 0 Å². The first-order valence-electron chi connectivity index (χ1n) is 13.2. The van der Waals surface area contributed by atoms with Crippen LogP contribution in [0.4, 0.5) is 0 Å². The second kappa shape index (κ2) is 23.0. The van der Waals surface area contributed by atoms with Crippen molar-refractivity contribution in [2.75, 3.05) is 13.2 Å². The molecule has 0 aliphatic heterocycles. The zero-order valence-corrected chi connectivity index (χ0v) is 20.8. The van der Waals surface area contributed by atoms with Crippen LogP contribution in [0, 0.1) is 0 Å². The Labute approximate surface area is 196 Å². The summed E-state index contributed by atoms with van der Waals surface area (Å²) in [5.41, 5.74) is 0. The number of unbranched alkanes of at least 4 members (excludes halogenated alkanes) is 16. The average Bonchev–Trinajstić information content (AvgIpc) is 2.80. The molecule has 0 spiro atoms. The number of rotatable bonds is 23. The van der Waals surface area contributed by atoms with Gasteiger partial charge in [-0.3, -0.25) is 0 Å². The minimum atomic E-state index is -1.90. The molecular formula is C26H50O6. The Morgan fingerprint density at radius 3 is 1.03 bits per heavy atom. The molecule has 0 aromatic carbocycles. The first kappa shape index (κ1) is 30.9. The van der Waals surface area contributed by atoms with E-state index in [1.807, 2.05) is 0 Å². The second-order valence-electron chi connectivity index (χ2n) is 8.88. The van der Waals surface area contributed by atoms with E-state index in [-0.39, 0.29) is 13.2 Å². The summed E-state index contributed by atoms with van der Waals surface area (Å²) in [6.07, 6.45) is 16.9. The number of hydrogen-bond donors (Lipinski definition) is 2. The van der Waals surface area contributed by atoms with Crippen LogP contribution < -0.4 is 0 Å². The van der Waals surface area contributed by atoms with Crippen molar-refractivity contribution in [1.82, 2.24) is 0 Å². The summed E-state index contributed by atoms with van der Waals surface area (Å²) in [7, 11) is 0. The lowest BCUT2D eigenvalue weighted by atomic mass is 10.1. The summed E-state index contributed by atoms with van der Waals surface area (Å²) in [5.74, 6) is -1.95. The van der Waals surface area contributed by atoms with Gasteiger partial charge >= 0.3 is 11.9 Å². The number of aliphatic hydroxyl groups excluding tert-OH is 2. The lowest BCUT2D eigenvalue weighted by Gasteiger charge is -2.16. The van der Waals surface area contributed by atoms with Crippen molar-refractivity contribution in [2.24, 2.45) is 0 Å². The quantitative estimate of drug-likeness (QED) is 0.147. The molecule has 0 rings (SSSR count). The number of ether oxygens (including phenoxy) is 2. The van der Waals surface area contributed by atoms with Crippen LogP contribution in [0.25, 0.3) is 0 Å². The highest BCUT2D eigenvalue weighted by Gasteiger charge is 2.32. The fourth-order valence-corrected chi connectivity index (χ4v) is 3.60. The molecule has 0 radical (unpaired) electrons. The van der Waals surface area contributed by atoms with Crippen molar-refractivity contribution in [1.29, 1.82) is 0 Å². The monoisotopic (exact) mass is 458 g/mol. The Balaban J connectivity index is 3.66. The normalized spacial score (nSPS) is 13.0. The van der Waals surface area contributed by atoms with E-state index in [1.54, 1.807) is 0 Å². The SMILES string of the molecule is CCCCCCCCCCCOC(=O)C(O)C(O)C(=O)OCCCCCCCCCCC. The van der Waals surface area contributed by atoms with Crippen molar-refractivity contribution in [2.45, 2.75) is 142 Å². The smallest absolute Gasteiger partial charge is 0.338 e. The highest BCUT2D eigenvalue weighted by atomic mass is 16.6. The molecule has 0 bridgehead atoms. The van der Waals surface area contributed by atoms with Gasteiger partial charge in [-0.25, -0.2) is 9.59 Å². The average molecular weight is 459 g/mol. The molecule has 2 atom stereocenters. The zero-order chi connectivity index (χ0) is 23.9. The number of carbonyl (C=O) groups excluding carboxylic acids is 2. The van der Waals surface area contributed by atoms with E-state index >= 15 is 0 Å². The van der Waals surface area contributed by atoms with Crippen LogP contribution in [-0.4, -0.2) is 47.6 Å². The van der Waals surface area contributed by atoms with Crippen molar-refractivity contribution in [3.8, 4) is 0 Å². The third-order valence-corrected chi connectivity index (χ3v) is 5.77. The van der Waals surface area contributed by atoms with Crippen LogP contribution in [0.2, 0.25) is 0 Å². The Bertz CT molecular complexity index is 400. The summed E-state index contributed by atoms with van der Waals surface area (Å²) < 4.78 is 9.97. The van der Waals surface area contributed by atoms with Gasteiger partial charge in [0.2, 0.25) is 0 Å². The Morgan fingerprint density at radius 1 is 0.500 bits per heavy atom. The molecule has 6 heteroatoms. The van der Waals surface area contributed by atoms with E-state index in [1.165, 1.54) is 77.0 Å². The third kappa shape index (κ3) is 18.4. The summed E-state index contributed by atoms with van der Waals surface area (Å²) in [4.78, 5) is 23.7. The Kier molecular flexibility index (Phi) is 22.2. The molecule has 0 aromatic heterocycles. The number of hydrogen-bond acceptors (Lipinski definition) is 6. The lowest BCUT2D eigenvalue weighted by Crippen LogP contribution is -2.41. The molecule has 0 amide bonds. The fraction of sp³-hybridized carbons (Fsp3) is 0.923. The molecule has 2 unspecified atom stereocenters. The summed E-state index contributed by atoms with van der Waals surface area (Å²) in [6, 6.07) is 0. The van der Waals surface area contributed by atoms with Gasteiger partial charge < -0.3 is 19.7 Å². The predicted octanol–water partition coefficient (Wildman–Crippen LogP) is 5.86. The van der Waals surface area contributed by atoms with Gasteiger partial charge in [0.05, 0.1) is 13.2 Å². The van der Waals surface area contributed by atoms with Gasteiger partial charge in [0.1, 0.15) is 0 Å². The standard InChI is InChI=1S/C26H50O6/c1-3-5-7-9-11-13-15-17-19-21-31-25(29)23(27)24(28)26(30)32-22-20-18-16-14-12-10-8-6-4-2/h23-24,27-28H,3-22H2,1-2H3. The molecule has 32 heavy (non-hydrogen) atoms. The van der Waals surface area contributed by atoms with Crippen LogP contribution >= 0.6 is 0 Å². The van der Waals surface area contributed by atoms with E-state index in [0.29, 0.717) is 12.8 Å². The molecule has 0 aliphatic carbocycles. The Morgan fingerprint density at radius 2 is 0.750 bits per heavy atom. The molecule has 190 valence electrons. The van der Waals surface area contributed by atoms with Crippen LogP contribution in [0.5, 0.6) is 0 Å². The van der Waals surface area contributed by atoms with Gasteiger partial charge in [-0.15, -0.1) is 0 Å². The first-order chi connectivity index (χ1) is 15.5. The topological polar surface area (TPSA) is 93.1 Å². The number of carbonyl (C=O) groups is 2. The highest BCUT2D eigenvalue weighted by molar-refractivity contribution is 5.85. The predicted molar refractivity (Wildman–Crippen MR) is 128 cm³/mol. The molecule has 0 fully saturated rings. The van der Waals surface area contributed by atoms with Gasteiger partial charge in [-0.05, 0) is 12.8 Å². The van der Waals surface area contributed by atoms with E-state index in [0.717, 1.165) is 25.7 Å². The molecule has 0 saturated carbocycles. The molecule has 6 nitrogen and oxygen atoms in total. The van der Waals surface area contributed by atoms with Crippen LogP contribution in [0.3, 0.4) is 0 Å². The molecule has 2 N–H and O–H groups in total. The van der Waals surface area contributed by atoms with Crippen molar-refractivity contribution >= 4 is 11.9 Å². The second-order valence-corrected chi connectivity index (χ2v) is 8.88. The first-order valence-corrected chi connectivity index (χ1v) is 13.2. The van der Waals surface area contributed by atoms with Gasteiger partial charge in [0.15, 0.2) is 12.2 Å². The van der Waals surface area contributed by atoms with Crippen molar-refractivity contribution in [3.05, 3.63) is 0 Å². The van der Waals surface area contributed by atoms with Gasteiger partial charge in [0, 0.05) is 0 Å². The number of aliphatic hydroxyl groups is 2. The summed E-state index contributed by atoms with van der Waals surface area (Å²) in [5, 5.41) is 19.7. The number of esters is 2. The molecule has 0 saturated heterocycles. The molecule has 0 aliphatic rings. The maximum Gasteiger partial charge on any atom is 0.338 e. The van der Waals surface area contributed by atoms with Gasteiger partial charge in [-0.2, -0.15) is 0 Å².